The van der Waals surface area contributed by atoms with Crippen LogP contribution >= 0.6 is 0 Å². The number of piperidine rings is 1. The molecule has 0 saturated carbocycles. The van der Waals surface area contributed by atoms with E-state index in [9.17, 15) is 14.0 Å². The van der Waals surface area contributed by atoms with Crippen molar-refractivity contribution in [3.63, 3.8) is 0 Å². The van der Waals surface area contributed by atoms with Gasteiger partial charge in [0.05, 0.1) is 0 Å². The van der Waals surface area contributed by atoms with Gasteiger partial charge in [0.2, 0.25) is 5.91 Å². The van der Waals surface area contributed by atoms with Gasteiger partial charge in [0.25, 0.3) is 0 Å². The van der Waals surface area contributed by atoms with Crippen LogP contribution < -0.4 is 5.73 Å². The lowest BCUT2D eigenvalue weighted by Crippen LogP contribution is -2.49. The fourth-order valence-electron chi connectivity index (χ4n) is 3.89. The maximum absolute atomic E-state index is 13.1. The highest BCUT2D eigenvalue weighted by Crippen LogP contribution is 2.28. The first kappa shape index (κ1) is 17.7. The fourth-order valence-corrected chi connectivity index (χ4v) is 3.89. The third kappa shape index (κ3) is 3.61. The lowest BCUT2D eigenvalue weighted by molar-refractivity contribution is -0.124. The highest BCUT2D eigenvalue weighted by molar-refractivity contribution is 5.81. The Balaban J connectivity index is 1.65. The predicted molar refractivity (Wildman–Crippen MR) is 92.3 cm³/mol. The molecule has 2 saturated heterocycles. The van der Waals surface area contributed by atoms with Crippen LogP contribution in [0, 0.1) is 5.82 Å². The molecule has 0 spiro atoms. The molecule has 1 atom stereocenters. The maximum atomic E-state index is 13.1. The number of amides is 3. The number of benzene rings is 1. The number of likely N-dealkylation sites (N-methyl/N-ethyl adjacent to an activating group) is 1. The van der Waals surface area contributed by atoms with Gasteiger partial charge >= 0.3 is 6.03 Å². The Morgan fingerprint density at radius 3 is 2.36 bits per heavy atom. The van der Waals surface area contributed by atoms with E-state index in [1.54, 1.807) is 12.1 Å². The van der Waals surface area contributed by atoms with E-state index in [1.165, 1.54) is 12.1 Å². The van der Waals surface area contributed by atoms with Crippen molar-refractivity contribution in [2.75, 3.05) is 32.7 Å². The first-order valence-corrected chi connectivity index (χ1v) is 8.85. The van der Waals surface area contributed by atoms with Crippen molar-refractivity contribution in [1.29, 1.82) is 0 Å². The first-order chi connectivity index (χ1) is 12.0. The number of nitrogens with two attached hydrogens (primary N) is 1. The lowest BCUT2D eigenvalue weighted by Gasteiger charge is -2.39. The number of hydrogen-bond acceptors (Lipinski definition) is 3. The Bertz CT molecular complexity index is 628. The van der Waals surface area contributed by atoms with Crippen LogP contribution in [0.1, 0.15) is 31.4 Å². The summed E-state index contributed by atoms with van der Waals surface area (Å²) in [6.45, 7) is 5.66. The molecule has 2 fully saturated rings. The second kappa shape index (κ2) is 7.39. The zero-order chi connectivity index (χ0) is 18.0. The molecule has 0 unspecified atom stereocenters. The zero-order valence-electron chi connectivity index (χ0n) is 14.5. The number of likely N-dealkylation sites (tertiary alicyclic amines) is 1. The summed E-state index contributed by atoms with van der Waals surface area (Å²) in [7, 11) is 0. The maximum Gasteiger partial charge on any atom is 0.320 e. The number of primary amides is 1. The van der Waals surface area contributed by atoms with Gasteiger partial charge in [-0.25, -0.2) is 9.18 Å². The van der Waals surface area contributed by atoms with Gasteiger partial charge in [0.1, 0.15) is 11.9 Å². The van der Waals surface area contributed by atoms with Crippen LogP contribution in [0.15, 0.2) is 24.3 Å². The van der Waals surface area contributed by atoms with Crippen LogP contribution in [0.5, 0.6) is 0 Å². The van der Waals surface area contributed by atoms with E-state index >= 15 is 0 Å². The van der Waals surface area contributed by atoms with Gasteiger partial charge in [-0.05, 0) is 37.5 Å². The second-order valence-electron chi connectivity index (χ2n) is 6.68. The Morgan fingerprint density at radius 2 is 1.84 bits per heavy atom. The Hall–Kier alpha value is -2.15. The van der Waals surface area contributed by atoms with Crippen LogP contribution in [-0.2, 0) is 4.79 Å². The molecule has 3 rings (SSSR count). The van der Waals surface area contributed by atoms with Crippen molar-refractivity contribution < 1.29 is 14.0 Å². The minimum atomic E-state index is -0.553. The van der Waals surface area contributed by atoms with E-state index in [-0.39, 0.29) is 17.9 Å². The number of carbonyl (C=O) groups is 2. The third-order valence-corrected chi connectivity index (χ3v) is 5.27. The summed E-state index contributed by atoms with van der Waals surface area (Å²) in [6.07, 6.45) is 1.63. The molecule has 0 radical (unpaired) electrons. The van der Waals surface area contributed by atoms with Gasteiger partial charge in [-0.15, -0.1) is 0 Å². The molecule has 6 nitrogen and oxygen atoms in total. The van der Waals surface area contributed by atoms with E-state index < -0.39 is 11.9 Å². The topological polar surface area (TPSA) is 69.9 Å². The average molecular weight is 348 g/mol. The summed E-state index contributed by atoms with van der Waals surface area (Å²) in [5.41, 5.74) is 6.32. The molecule has 2 aliphatic rings. The quantitative estimate of drug-likeness (QED) is 0.878. The summed E-state index contributed by atoms with van der Waals surface area (Å²) >= 11 is 0. The molecule has 2 aliphatic heterocycles. The summed E-state index contributed by atoms with van der Waals surface area (Å²) in [5, 5.41) is 0. The minimum Gasteiger partial charge on any atom is -0.368 e. The van der Waals surface area contributed by atoms with Crippen molar-refractivity contribution in [1.82, 2.24) is 14.7 Å². The van der Waals surface area contributed by atoms with Crippen LogP contribution in [0.3, 0.4) is 0 Å². The summed E-state index contributed by atoms with van der Waals surface area (Å²) in [6, 6.07) is 5.69. The first-order valence-electron chi connectivity index (χ1n) is 8.85. The van der Waals surface area contributed by atoms with Crippen LogP contribution in [0.25, 0.3) is 0 Å². The van der Waals surface area contributed by atoms with E-state index in [0.29, 0.717) is 18.7 Å². The monoisotopic (exact) mass is 348 g/mol. The number of halogens is 1. The van der Waals surface area contributed by atoms with Crippen molar-refractivity contribution in [3.8, 4) is 0 Å². The van der Waals surface area contributed by atoms with E-state index in [2.05, 4.69) is 0 Å². The smallest absolute Gasteiger partial charge is 0.320 e. The average Bonchev–Trinajstić information content (AvgIpc) is 2.98. The largest absolute Gasteiger partial charge is 0.368 e. The van der Waals surface area contributed by atoms with Gasteiger partial charge in [-0.3, -0.25) is 9.69 Å². The lowest BCUT2D eigenvalue weighted by atomic mass is 9.98. The molecule has 1 aromatic carbocycles. The van der Waals surface area contributed by atoms with Gasteiger partial charge in [0.15, 0.2) is 0 Å². The van der Waals surface area contributed by atoms with Gasteiger partial charge in [-0.2, -0.15) is 0 Å². The summed E-state index contributed by atoms with van der Waals surface area (Å²) in [4.78, 5) is 30.2. The normalized spacial score (nSPS) is 21.0. The Labute approximate surface area is 147 Å². The molecule has 0 aromatic heterocycles. The molecule has 136 valence electrons. The number of hydrogen-bond donors (Lipinski definition) is 1. The number of carbonyl (C=O) groups excluding carboxylic acids is 2. The van der Waals surface area contributed by atoms with Crippen LogP contribution in [0.2, 0.25) is 0 Å². The summed E-state index contributed by atoms with van der Waals surface area (Å²) < 4.78 is 13.1. The fraction of sp³-hybridized carbons (Fsp3) is 0.556. The molecule has 0 bridgehead atoms. The van der Waals surface area contributed by atoms with Crippen molar-refractivity contribution >= 4 is 11.9 Å². The van der Waals surface area contributed by atoms with Crippen molar-refractivity contribution in [2.24, 2.45) is 5.73 Å². The van der Waals surface area contributed by atoms with Crippen LogP contribution in [0.4, 0.5) is 9.18 Å². The van der Waals surface area contributed by atoms with Gasteiger partial charge in [0, 0.05) is 38.8 Å². The number of urea groups is 1. The van der Waals surface area contributed by atoms with E-state index in [4.69, 9.17) is 5.73 Å². The Morgan fingerprint density at radius 1 is 1.20 bits per heavy atom. The second-order valence-corrected chi connectivity index (χ2v) is 6.68. The molecule has 7 heteroatoms. The van der Waals surface area contributed by atoms with Gasteiger partial charge in [-0.1, -0.05) is 12.1 Å². The standard InChI is InChI=1S/C18H25FN4O2/c1-2-21-11-12-23(18(21)25)15-7-9-22(10-8-15)16(17(20)24)13-3-5-14(19)6-4-13/h3-6,15-16H,2,7-12H2,1H3,(H2,20,24)/t16-/m1/s1. The molecule has 25 heavy (non-hydrogen) atoms. The van der Waals surface area contributed by atoms with E-state index in [1.807, 2.05) is 21.6 Å². The molecule has 2 N–H and O–H groups in total. The van der Waals surface area contributed by atoms with Gasteiger partial charge < -0.3 is 15.5 Å². The predicted octanol–water partition coefficient (Wildman–Crippen LogP) is 1.57. The highest BCUT2D eigenvalue weighted by Gasteiger charge is 2.36. The Kier molecular flexibility index (Phi) is 5.22. The molecule has 3 amide bonds. The minimum absolute atomic E-state index is 0.117. The third-order valence-electron chi connectivity index (χ3n) is 5.27. The van der Waals surface area contributed by atoms with E-state index in [0.717, 1.165) is 32.5 Å². The SMILES string of the molecule is CCN1CCN(C2CCN([C@@H](C(N)=O)c3ccc(F)cc3)CC2)C1=O. The molecule has 2 heterocycles. The number of nitrogens with zero attached hydrogens (tertiary/aromatic N) is 3. The highest BCUT2D eigenvalue weighted by atomic mass is 19.1. The van der Waals surface area contributed by atoms with Crippen molar-refractivity contribution in [2.45, 2.75) is 31.8 Å². The molecule has 0 aliphatic carbocycles. The molecule has 1 aromatic rings. The zero-order valence-corrected chi connectivity index (χ0v) is 14.5. The number of rotatable bonds is 5. The summed E-state index contributed by atoms with van der Waals surface area (Å²) in [5.74, 6) is -0.766. The molecular weight excluding hydrogens is 323 g/mol. The molecular formula is C18H25FN4O2. The van der Waals surface area contributed by atoms with Crippen molar-refractivity contribution in [3.05, 3.63) is 35.6 Å². The van der Waals surface area contributed by atoms with Crippen LogP contribution in [-0.4, -0.2) is 65.4 Å².